The molecular weight excluding hydrogens is 194 g/mol. The molecule has 0 bridgehead atoms. The van der Waals surface area contributed by atoms with Crippen molar-refractivity contribution >= 4 is 28.8 Å². The van der Waals surface area contributed by atoms with Crippen molar-refractivity contribution in [3.63, 3.8) is 0 Å². The molecule has 74 valence electrons. The van der Waals surface area contributed by atoms with Crippen LogP contribution in [-0.2, 0) is 14.4 Å². The van der Waals surface area contributed by atoms with Crippen LogP contribution in [0.2, 0.25) is 0 Å². The number of hydrogen-bond acceptors (Lipinski definition) is 4. The summed E-state index contributed by atoms with van der Waals surface area (Å²) in [6, 6.07) is -1.11. The summed E-state index contributed by atoms with van der Waals surface area (Å²) in [5.74, 6) is -1.65. The fraction of sp³-hybridized carbons (Fsp3) is 0.571. The monoisotopic (exact) mass is 205 g/mol. The van der Waals surface area contributed by atoms with Gasteiger partial charge in [0.25, 0.3) is 0 Å². The molecule has 5 nitrogen and oxygen atoms in total. The smallest absolute Gasteiger partial charge is 0.326 e. The van der Waals surface area contributed by atoms with Crippen molar-refractivity contribution in [2.75, 3.05) is 6.26 Å². The Hall–Kier alpha value is -1.04. The number of nitrogens with one attached hydrogen (secondary N) is 1. The highest BCUT2D eigenvalue weighted by atomic mass is 32.2. The third-order valence-electron chi connectivity index (χ3n) is 1.27. The second kappa shape index (κ2) is 5.58. The minimum Gasteiger partial charge on any atom is -0.480 e. The van der Waals surface area contributed by atoms with E-state index in [1.807, 2.05) is 0 Å². The van der Waals surface area contributed by atoms with Crippen molar-refractivity contribution in [3.05, 3.63) is 0 Å². The maximum atomic E-state index is 10.9. The number of rotatable bonds is 4. The first kappa shape index (κ1) is 12.0. The van der Waals surface area contributed by atoms with Gasteiger partial charge in [-0.2, -0.15) is 0 Å². The summed E-state index contributed by atoms with van der Waals surface area (Å²) in [4.78, 5) is 31.9. The quantitative estimate of drug-likeness (QED) is 0.667. The molecule has 1 unspecified atom stereocenters. The molecule has 0 aliphatic rings. The molecule has 0 spiro atoms. The van der Waals surface area contributed by atoms with Crippen LogP contribution in [0.4, 0.5) is 0 Å². The van der Waals surface area contributed by atoms with Crippen LogP contribution in [0.3, 0.4) is 0 Å². The van der Waals surface area contributed by atoms with Crippen LogP contribution < -0.4 is 5.32 Å². The van der Waals surface area contributed by atoms with Gasteiger partial charge in [0.05, 0.1) is 0 Å². The first-order valence-corrected chi connectivity index (χ1v) is 4.76. The van der Waals surface area contributed by atoms with E-state index in [0.717, 1.165) is 11.8 Å². The standard InChI is InChI=1S/C7H11NO4S/c1-4(9)8-5(7(11)12)3-6(10)13-2/h5H,3H2,1-2H3,(H,8,9)(H,11,12). The fourth-order valence-electron chi connectivity index (χ4n) is 0.695. The summed E-state index contributed by atoms with van der Waals surface area (Å²) in [5.41, 5.74) is 0. The maximum Gasteiger partial charge on any atom is 0.326 e. The molecule has 0 heterocycles. The number of amides is 1. The van der Waals surface area contributed by atoms with E-state index in [1.54, 1.807) is 6.26 Å². The van der Waals surface area contributed by atoms with Crippen molar-refractivity contribution in [2.45, 2.75) is 19.4 Å². The van der Waals surface area contributed by atoms with Crippen LogP contribution in [0.1, 0.15) is 13.3 Å². The highest BCUT2D eigenvalue weighted by Gasteiger charge is 2.21. The second-order valence-electron chi connectivity index (χ2n) is 2.37. The zero-order chi connectivity index (χ0) is 10.4. The fourth-order valence-corrected chi connectivity index (χ4v) is 1.03. The SMILES string of the molecule is CSC(=O)CC(NC(C)=O)C(=O)O. The van der Waals surface area contributed by atoms with Gasteiger partial charge in [-0.05, 0) is 6.26 Å². The zero-order valence-corrected chi connectivity index (χ0v) is 8.18. The number of carboxylic acid groups (broad SMARTS) is 1. The lowest BCUT2D eigenvalue weighted by molar-refractivity contribution is -0.142. The van der Waals surface area contributed by atoms with E-state index in [-0.39, 0.29) is 11.5 Å². The van der Waals surface area contributed by atoms with E-state index < -0.39 is 17.9 Å². The number of hydrogen-bond donors (Lipinski definition) is 2. The normalized spacial score (nSPS) is 11.8. The molecule has 0 radical (unpaired) electrons. The second-order valence-corrected chi connectivity index (χ2v) is 3.24. The number of carboxylic acids is 1. The Bertz CT molecular complexity index is 229. The molecule has 0 aliphatic heterocycles. The molecule has 0 rings (SSSR count). The lowest BCUT2D eigenvalue weighted by Gasteiger charge is -2.10. The van der Waals surface area contributed by atoms with Gasteiger partial charge in [0.15, 0.2) is 5.12 Å². The minimum absolute atomic E-state index is 0.184. The Kier molecular flexibility index (Phi) is 5.13. The Morgan fingerprint density at radius 2 is 2.00 bits per heavy atom. The molecule has 0 fully saturated rings. The Balaban J connectivity index is 4.18. The summed E-state index contributed by atoms with van der Waals surface area (Å²) >= 11 is 0.944. The van der Waals surface area contributed by atoms with E-state index in [0.29, 0.717) is 0 Å². The van der Waals surface area contributed by atoms with Gasteiger partial charge in [-0.1, -0.05) is 11.8 Å². The van der Waals surface area contributed by atoms with E-state index in [4.69, 9.17) is 5.11 Å². The first-order valence-electron chi connectivity index (χ1n) is 3.54. The molecule has 0 saturated carbocycles. The van der Waals surface area contributed by atoms with Gasteiger partial charge in [-0.25, -0.2) is 4.79 Å². The lowest BCUT2D eigenvalue weighted by Crippen LogP contribution is -2.40. The Labute approximate surface area is 79.9 Å². The molecule has 2 N–H and O–H groups in total. The highest BCUT2D eigenvalue weighted by molar-refractivity contribution is 8.13. The third-order valence-corrected chi connectivity index (χ3v) is 1.90. The van der Waals surface area contributed by atoms with Crippen LogP contribution in [0.25, 0.3) is 0 Å². The molecule has 0 aromatic carbocycles. The van der Waals surface area contributed by atoms with Gasteiger partial charge in [0.1, 0.15) is 6.04 Å². The predicted molar refractivity (Wildman–Crippen MR) is 48.4 cm³/mol. The molecule has 13 heavy (non-hydrogen) atoms. The van der Waals surface area contributed by atoms with Crippen molar-refractivity contribution in [1.82, 2.24) is 5.32 Å². The molecule has 1 amide bonds. The average molecular weight is 205 g/mol. The zero-order valence-electron chi connectivity index (χ0n) is 7.36. The molecule has 0 aromatic heterocycles. The topological polar surface area (TPSA) is 83.5 Å². The molecule has 0 saturated heterocycles. The largest absolute Gasteiger partial charge is 0.480 e. The third kappa shape index (κ3) is 5.24. The van der Waals surface area contributed by atoms with Crippen molar-refractivity contribution < 1.29 is 19.5 Å². The van der Waals surface area contributed by atoms with Gasteiger partial charge >= 0.3 is 5.97 Å². The van der Waals surface area contributed by atoms with Gasteiger partial charge in [-0.15, -0.1) is 0 Å². The summed E-state index contributed by atoms with van der Waals surface area (Å²) in [6.07, 6.45) is 1.38. The number of carbonyl (C=O) groups excluding carboxylic acids is 2. The van der Waals surface area contributed by atoms with Gasteiger partial charge < -0.3 is 10.4 Å². The predicted octanol–water partition coefficient (Wildman–Crippen LogP) is -0.145. The van der Waals surface area contributed by atoms with E-state index >= 15 is 0 Å². The molecule has 6 heteroatoms. The number of thioether (sulfide) groups is 1. The molecule has 0 aromatic rings. The van der Waals surface area contributed by atoms with E-state index in [9.17, 15) is 14.4 Å². The number of carbonyl (C=O) groups is 3. The maximum absolute atomic E-state index is 10.9. The lowest BCUT2D eigenvalue weighted by atomic mass is 10.2. The van der Waals surface area contributed by atoms with Crippen LogP contribution in [0.5, 0.6) is 0 Å². The Morgan fingerprint density at radius 3 is 2.31 bits per heavy atom. The molecular formula is C7H11NO4S. The van der Waals surface area contributed by atoms with Gasteiger partial charge in [0.2, 0.25) is 5.91 Å². The average Bonchev–Trinajstić information content (AvgIpc) is 2.02. The van der Waals surface area contributed by atoms with Crippen LogP contribution in [0.15, 0.2) is 0 Å². The van der Waals surface area contributed by atoms with Crippen LogP contribution in [0, 0.1) is 0 Å². The summed E-state index contributed by atoms with van der Waals surface area (Å²) in [6.45, 7) is 1.21. The van der Waals surface area contributed by atoms with E-state index in [1.165, 1.54) is 6.92 Å². The van der Waals surface area contributed by atoms with Crippen molar-refractivity contribution in [2.24, 2.45) is 0 Å². The van der Waals surface area contributed by atoms with Gasteiger partial charge in [-0.3, -0.25) is 9.59 Å². The van der Waals surface area contributed by atoms with Crippen molar-refractivity contribution in [1.29, 1.82) is 0 Å². The summed E-state index contributed by atoms with van der Waals surface area (Å²) in [5, 5.41) is 10.5. The van der Waals surface area contributed by atoms with E-state index in [2.05, 4.69) is 5.32 Å². The van der Waals surface area contributed by atoms with Crippen molar-refractivity contribution in [3.8, 4) is 0 Å². The minimum atomic E-state index is -1.20. The van der Waals surface area contributed by atoms with Crippen LogP contribution >= 0.6 is 11.8 Å². The first-order chi connectivity index (χ1) is 5.97. The highest BCUT2D eigenvalue weighted by Crippen LogP contribution is 2.03. The summed E-state index contributed by atoms with van der Waals surface area (Å²) < 4.78 is 0. The van der Waals surface area contributed by atoms with Crippen LogP contribution in [-0.4, -0.2) is 34.4 Å². The summed E-state index contributed by atoms with van der Waals surface area (Å²) in [7, 11) is 0. The molecule has 1 atom stereocenters. The van der Waals surface area contributed by atoms with Gasteiger partial charge in [0, 0.05) is 13.3 Å². The Morgan fingerprint density at radius 1 is 1.46 bits per heavy atom. The number of aliphatic carboxylic acids is 1. The molecule has 0 aliphatic carbocycles.